The number of carbonyl (C=O) groups excluding carboxylic acids is 2. The van der Waals surface area contributed by atoms with Crippen LogP contribution in [0.25, 0.3) is 0 Å². The molecule has 0 aliphatic rings. The summed E-state index contributed by atoms with van der Waals surface area (Å²) in [6, 6.07) is 0. The molecule has 136 valence electrons. The zero-order valence-electron chi connectivity index (χ0n) is 15.9. The number of rotatable bonds is 14. The van der Waals surface area contributed by atoms with Gasteiger partial charge >= 0.3 is 0 Å². The number of carbonyl (C=O) groups is 2. The first kappa shape index (κ1) is 22.1. The van der Waals surface area contributed by atoms with Crippen molar-refractivity contribution in [3.8, 4) is 0 Å². The molecule has 0 rings (SSSR count). The molecule has 0 atom stereocenters. The summed E-state index contributed by atoms with van der Waals surface area (Å²) in [6.07, 6.45) is 12.5. The lowest BCUT2D eigenvalue weighted by Gasteiger charge is -2.20. The zero-order valence-corrected chi connectivity index (χ0v) is 15.9. The molecule has 0 aromatic rings. The summed E-state index contributed by atoms with van der Waals surface area (Å²) in [7, 11) is 4.00. The van der Waals surface area contributed by atoms with Crippen molar-refractivity contribution in [2.75, 3.05) is 27.2 Å². The maximum Gasteiger partial charge on any atom is 0.229 e. The number of amides is 2. The van der Waals surface area contributed by atoms with Gasteiger partial charge in [-0.15, -0.1) is 0 Å². The molecule has 0 heterocycles. The van der Waals surface area contributed by atoms with Crippen LogP contribution in [0.15, 0.2) is 0 Å². The van der Waals surface area contributed by atoms with Crippen LogP contribution < -0.4 is 0 Å². The van der Waals surface area contributed by atoms with Crippen LogP contribution in [0, 0.1) is 0 Å². The largest absolute Gasteiger partial charge is 0.309 e. The van der Waals surface area contributed by atoms with Crippen LogP contribution in [0.3, 0.4) is 0 Å². The first-order chi connectivity index (χ1) is 11.0. The van der Waals surface area contributed by atoms with Crippen LogP contribution in [-0.2, 0) is 9.59 Å². The quantitative estimate of drug-likeness (QED) is 0.448. The Balaban J connectivity index is 3.73. The maximum atomic E-state index is 12.2. The number of hydrogen-bond donors (Lipinski definition) is 0. The normalized spacial score (nSPS) is 11.0. The van der Waals surface area contributed by atoms with E-state index in [9.17, 15) is 9.59 Å². The fourth-order valence-electron chi connectivity index (χ4n) is 2.72. The third kappa shape index (κ3) is 13.3. The third-order valence-electron chi connectivity index (χ3n) is 4.16. The van der Waals surface area contributed by atoms with E-state index in [1.807, 2.05) is 14.1 Å². The lowest BCUT2D eigenvalue weighted by molar-refractivity contribution is -0.143. The maximum absolute atomic E-state index is 12.2. The fraction of sp³-hybridized carbons (Fsp3) is 0.895. The van der Waals surface area contributed by atoms with E-state index in [-0.39, 0.29) is 11.8 Å². The minimum absolute atomic E-state index is 0.000739. The van der Waals surface area contributed by atoms with Crippen molar-refractivity contribution in [2.24, 2.45) is 0 Å². The number of hydrogen-bond acceptors (Lipinski definition) is 3. The summed E-state index contributed by atoms with van der Waals surface area (Å²) in [4.78, 5) is 27.3. The Morgan fingerprint density at radius 3 is 1.74 bits per heavy atom. The van der Waals surface area contributed by atoms with E-state index in [2.05, 4.69) is 11.8 Å². The highest BCUT2D eigenvalue weighted by Gasteiger charge is 2.16. The van der Waals surface area contributed by atoms with Gasteiger partial charge in [-0.25, -0.2) is 0 Å². The van der Waals surface area contributed by atoms with E-state index in [1.54, 1.807) is 0 Å². The second-order valence-corrected chi connectivity index (χ2v) is 6.80. The first-order valence-corrected chi connectivity index (χ1v) is 9.44. The van der Waals surface area contributed by atoms with E-state index >= 15 is 0 Å². The van der Waals surface area contributed by atoms with Gasteiger partial charge in [-0.2, -0.15) is 0 Å². The second kappa shape index (κ2) is 14.7. The topological polar surface area (TPSA) is 40.6 Å². The summed E-state index contributed by atoms with van der Waals surface area (Å²) >= 11 is 0. The van der Waals surface area contributed by atoms with Crippen LogP contribution in [0.1, 0.15) is 84.5 Å². The van der Waals surface area contributed by atoms with Crippen molar-refractivity contribution in [1.29, 1.82) is 0 Å². The molecule has 0 bridgehead atoms. The molecule has 0 aliphatic carbocycles. The van der Waals surface area contributed by atoms with Gasteiger partial charge < -0.3 is 4.90 Å². The van der Waals surface area contributed by atoms with Gasteiger partial charge in [0, 0.05) is 19.9 Å². The molecule has 2 amide bonds. The Hall–Kier alpha value is -0.900. The predicted molar refractivity (Wildman–Crippen MR) is 97.4 cm³/mol. The molecule has 0 saturated heterocycles. The van der Waals surface area contributed by atoms with Crippen LogP contribution >= 0.6 is 0 Å². The van der Waals surface area contributed by atoms with Crippen molar-refractivity contribution in [1.82, 2.24) is 9.80 Å². The van der Waals surface area contributed by atoms with E-state index in [0.717, 1.165) is 25.8 Å². The molecule has 0 fully saturated rings. The van der Waals surface area contributed by atoms with Gasteiger partial charge in [-0.3, -0.25) is 14.5 Å². The highest BCUT2D eigenvalue weighted by molar-refractivity contribution is 5.94. The monoisotopic (exact) mass is 326 g/mol. The minimum Gasteiger partial charge on any atom is -0.309 e. The summed E-state index contributed by atoms with van der Waals surface area (Å²) in [5.74, 6) is -0.121. The third-order valence-corrected chi connectivity index (χ3v) is 4.16. The van der Waals surface area contributed by atoms with Crippen LogP contribution in [0.4, 0.5) is 0 Å². The minimum atomic E-state index is -0.121. The highest BCUT2D eigenvalue weighted by atomic mass is 16.2. The molecule has 23 heavy (non-hydrogen) atoms. The van der Waals surface area contributed by atoms with Gasteiger partial charge in [0.1, 0.15) is 0 Å². The predicted octanol–water partition coefficient (Wildman–Crippen LogP) is 4.23. The molecule has 0 aromatic heterocycles. The average Bonchev–Trinajstić information content (AvgIpc) is 2.49. The molecule has 0 spiro atoms. The number of unbranched alkanes of at least 4 members (excludes halogenated alkanes) is 8. The molecule has 0 aliphatic heterocycles. The zero-order chi connectivity index (χ0) is 17.5. The van der Waals surface area contributed by atoms with Crippen LogP contribution in [0.5, 0.6) is 0 Å². The number of nitrogens with zero attached hydrogens (tertiary/aromatic N) is 2. The molecule has 0 unspecified atom stereocenters. The Bertz CT molecular complexity index is 316. The average molecular weight is 327 g/mol. The Labute approximate surface area is 143 Å². The number of imide groups is 1. The Kier molecular flexibility index (Phi) is 14.1. The summed E-state index contributed by atoms with van der Waals surface area (Å²) < 4.78 is 0. The molecule has 4 heteroatoms. The fourth-order valence-corrected chi connectivity index (χ4v) is 2.72. The molecular formula is C19H38N2O2. The van der Waals surface area contributed by atoms with Crippen LogP contribution in [0.2, 0.25) is 0 Å². The highest BCUT2D eigenvalue weighted by Crippen LogP contribution is 2.11. The van der Waals surface area contributed by atoms with Gasteiger partial charge in [0.2, 0.25) is 11.8 Å². The van der Waals surface area contributed by atoms with Gasteiger partial charge in [0.15, 0.2) is 0 Å². The van der Waals surface area contributed by atoms with Gasteiger partial charge in [0.25, 0.3) is 0 Å². The van der Waals surface area contributed by atoms with Gasteiger partial charge in [-0.05, 0) is 33.5 Å². The van der Waals surface area contributed by atoms with Crippen molar-refractivity contribution in [3.63, 3.8) is 0 Å². The first-order valence-electron chi connectivity index (χ1n) is 9.44. The van der Waals surface area contributed by atoms with Crippen molar-refractivity contribution < 1.29 is 9.59 Å². The molecule has 0 saturated carbocycles. The van der Waals surface area contributed by atoms with E-state index in [1.165, 1.54) is 56.8 Å². The van der Waals surface area contributed by atoms with Crippen molar-refractivity contribution >= 4 is 11.8 Å². The molecule has 0 N–H and O–H groups in total. The summed E-state index contributed by atoms with van der Waals surface area (Å²) in [6.45, 7) is 5.17. The molecule has 0 radical (unpaired) electrons. The smallest absolute Gasteiger partial charge is 0.229 e. The van der Waals surface area contributed by atoms with Gasteiger partial charge in [-0.1, -0.05) is 58.3 Å². The Morgan fingerprint density at radius 1 is 0.739 bits per heavy atom. The van der Waals surface area contributed by atoms with E-state index in [4.69, 9.17) is 0 Å². The SMILES string of the molecule is CCCCCCCCCCCC(=O)N(CCCN(C)C)C(C)=O. The van der Waals surface area contributed by atoms with Crippen molar-refractivity contribution in [2.45, 2.75) is 84.5 Å². The van der Waals surface area contributed by atoms with Crippen molar-refractivity contribution in [3.05, 3.63) is 0 Å². The van der Waals surface area contributed by atoms with E-state index in [0.29, 0.717) is 13.0 Å². The Morgan fingerprint density at radius 2 is 1.26 bits per heavy atom. The van der Waals surface area contributed by atoms with Gasteiger partial charge in [0.05, 0.1) is 0 Å². The summed E-state index contributed by atoms with van der Waals surface area (Å²) in [5.41, 5.74) is 0. The molecule has 4 nitrogen and oxygen atoms in total. The lowest BCUT2D eigenvalue weighted by Crippen LogP contribution is -2.36. The van der Waals surface area contributed by atoms with Crippen LogP contribution in [-0.4, -0.2) is 48.8 Å². The molecule has 0 aromatic carbocycles. The lowest BCUT2D eigenvalue weighted by atomic mass is 10.1. The van der Waals surface area contributed by atoms with E-state index < -0.39 is 0 Å². The summed E-state index contributed by atoms with van der Waals surface area (Å²) in [5, 5.41) is 0. The second-order valence-electron chi connectivity index (χ2n) is 6.80. The standard InChI is InChI=1S/C19H38N2O2/c1-5-6-7-8-9-10-11-12-13-15-19(23)21(18(2)22)17-14-16-20(3)4/h5-17H2,1-4H3. The molecular weight excluding hydrogens is 288 g/mol.